The Hall–Kier alpha value is -3.11. The summed E-state index contributed by atoms with van der Waals surface area (Å²) in [5.74, 6) is -0.300. The third-order valence-corrected chi connectivity index (χ3v) is 7.57. The predicted molar refractivity (Wildman–Crippen MR) is 136 cm³/mol. The minimum Gasteiger partial charge on any atom is -0.469 e. The maximum absolute atomic E-state index is 13.3. The van der Waals surface area contributed by atoms with Crippen LogP contribution in [-0.2, 0) is 22.3 Å². The normalized spacial score (nSPS) is 18.8. The van der Waals surface area contributed by atoms with Crippen LogP contribution in [0.4, 0.5) is 13.2 Å². The standard InChI is InChI=1S/C27H29ClF3N3O4/c1-38-24(36)12-16-2-6-18(7-3-16)23(15-35)33-26(37)20-10-11-22(28)25-21(20)13-32-34(25)14-17-4-8-19(9-5-17)27(29,30)31/h4-5,8-11,13,16,18,23,35H,2-3,6-7,12,14-15H2,1H3,(H,33,37)/t16?,18?,23-/m0/s1. The van der Waals surface area contributed by atoms with Crippen LogP contribution < -0.4 is 5.32 Å². The maximum Gasteiger partial charge on any atom is 0.416 e. The van der Waals surface area contributed by atoms with Crippen molar-refractivity contribution in [3.05, 3.63) is 64.3 Å². The highest BCUT2D eigenvalue weighted by Crippen LogP contribution is 2.34. The van der Waals surface area contributed by atoms with Crippen LogP contribution in [0, 0.1) is 11.8 Å². The molecule has 0 bridgehead atoms. The molecule has 2 N–H and O–H groups in total. The molecule has 0 spiro atoms. The summed E-state index contributed by atoms with van der Waals surface area (Å²) in [7, 11) is 1.37. The van der Waals surface area contributed by atoms with Crippen molar-refractivity contribution in [2.24, 2.45) is 11.8 Å². The maximum atomic E-state index is 13.3. The zero-order valence-corrected chi connectivity index (χ0v) is 21.6. The van der Waals surface area contributed by atoms with Crippen molar-refractivity contribution >= 4 is 34.4 Å². The van der Waals surface area contributed by atoms with E-state index < -0.39 is 17.8 Å². The number of alkyl halides is 3. The summed E-state index contributed by atoms with van der Waals surface area (Å²) < 4.78 is 44.9. The van der Waals surface area contributed by atoms with E-state index in [1.165, 1.54) is 25.4 Å². The van der Waals surface area contributed by atoms with Crippen molar-refractivity contribution in [2.75, 3.05) is 13.7 Å². The number of hydrogen-bond acceptors (Lipinski definition) is 5. The number of nitrogens with zero attached hydrogens (tertiary/aromatic N) is 2. The van der Waals surface area contributed by atoms with Gasteiger partial charge in [0.05, 0.1) is 54.2 Å². The number of ether oxygens (including phenoxy) is 1. The van der Waals surface area contributed by atoms with Gasteiger partial charge < -0.3 is 15.2 Å². The number of halogens is 4. The molecule has 1 amide bonds. The third-order valence-electron chi connectivity index (χ3n) is 7.27. The first-order chi connectivity index (χ1) is 18.1. The largest absolute Gasteiger partial charge is 0.469 e. The Morgan fingerprint density at radius 1 is 1.16 bits per heavy atom. The molecule has 1 aliphatic carbocycles. The lowest BCUT2D eigenvalue weighted by atomic mass is 9.77. The summed E-state index contributed by atoms with van der Waals surface area (Å²) in [6.07, 6.45) is 0.632. The van der Waals surface area contributed by atoms with Crippen LogP contribution in [0.25, 0.3) is 10.9 Å². The van der Waals surface area contributed by atoms with E-state index in [2.05, 4.69) is 10.4 Å². The van der Waals surface area contributed by atoms with Crippen molar-refractivity contribution in [1.82, 2.24) is 15.1 Å². The molecule has 1 atom stereocenters. The highest BCUT2D eigenvalue weighted by molar-refractivity contribution is 6.35. The smallest absolute Gasteiger partial charge is 0.416 e. The zero-order valence-electron chi connectivity index (χ0n) is 20.8. The van der Waals surface area contributed by atoms with E-state index >= 15 is 0 Å². The van der Waals surface area contributed by atoms with Crippen LogP contribution in [0.1, 0.15) is 53.6 Å². The molecule has 7 nitrogen and oxygen atoms in total. The summed E-state index contributed by atoms with van der Waals surface area (Å²) in [5, 5.41) is 18.2. The number of methoxy groups -OCH3 is 1. The van der Waals surface area contributed by atoms with Gasteiger partial charge in [-0.2, -0.15) is 18.3 Å². The van der Waals surface area contributed by atoms with E-state index in [0.717, 1.165) is 37.8 Å². The Balaban J connectivity index is 1.47. The number of esters is 1. The van der Waals surface area contributed by atoms with Crippen molar-refractivity contribution in [3.8, 4) is 0 Å². The quantitative estimate of drug-likeness (QED) is 0.375. The summed E-state index contributed by atoms with van der Waals surface area (Å²) >= 11 is 6.43. The Morgan fingerprint density at radius 2 is 1.84 bits per heavy atom. The van der Waals surface area contributed by atoms with Crippen molar-refractivity contribution in [3.63, 3.8) is 0 Å². The molecule has 2 aromatic carbocycles. The molecule has 1 aliphatic rings. The minimum absolute atomic E-state index is 0.0723. The molecule has 1 saturated carbocycles. The average Bonchev–Trinajstić information content (AvgIpc) is 3.32. The SMILES string of the molecule is COC(=O)CC1CCC([C@H](CO)NC(=O)c2ccc(Cl)c3c2cnn3Cc2ccc(C(F)(F)F)cc2)CC1. The fourth-order valence-corrected chi connectivity index (χ4v) is 5.38. The number of fused-ring (bicyclic) bond motifs is 1. The van der Waals surface area contributed by atoms with Crippen LogP contribution in [-0.4, -0.2) is 46.5 Å². The Labute approximate surface area is 222 Å². The molecule has 1 heterocycles. The molecule has 11 heteroatoms. The van der Waals surface area contributed by atoms with Gasteiger partial charge in [0.25, 0.3) is 5.91 Å². The van der Waals surface area contributed by atoms with Crippen LogP contribution in [0.15, 0.2) is 42.6 Å². The van der Waals surface area contributed by atoms with Gasteiger partial charge in [-0.05, 0) is 67.3 Å². The van der Waals surface area contributed by atoms with E-state index in [1.807, 2.05) is 0 Å². The van der Waals surface area contributed by atoms with Crippen LogP contribution >= 0.6 is 11.6 Å². The number of aromatic nitrogens is 2. The summed E-state index contributed by atoms with van der Waals surface area (Å²) in [4.78, 5) is 24.8. The van der Waals surface area contributed by atoms with Crippen LogP contribution in [0.5, 0.6) is 0 Å². The minimum atomic E-state index is -4.42. The number of carbonyl (C=O) groups is 2. The second-order valence-electron chi connectivity index (χ2n) is 9.68. The molecule has 1 aromatic heterocycles. The molecule has 204 valence electrons. The lowest BCUT2D eigenvalue weighted by Crippen LogP contribution is -2.44. The molecule has 0 unspecified atom stereocenters. The van der Waals surface area contributed by atoms with Gasteiger partial charge in [0, 0.05) is 11.8 Å². The fraction of sp³-hybridized carbons (Fsp3) is 0.444. The number of hydrogen-bond donors (Lipinski definition) is 2. The molecule has 3 aromatic rings. The van der Waals surface area contributed by atoms with Gasteiger partial charge in [0.2, 0.25) is 0 Å². The molecule has 0 radical (unpaired) electrons. The molecule has 38 heavy (non-hydrogen) atoms. The van der Waals surface area contributed by atoms with Crippen molar-refractivity contribution in [2.45, 2.75) is 50.9 Å². The zero-order chi connectivity index (χ0) is 27.4. The average molecular weight is 552 g/mol. The lowest BCUT2D eigenvalue weighted by Gasteiger charge is -2.33. The van der Waals surface area contributed by atoms with Crippen molar-refractivity contribution < 1.29 is 32.6 Å². The first kappa shape index (κ1) is 27.9. The van der Waals surface area contributed by atoms with Gasteiger partial charge in [-0.3, -0.25) is 14.3 Å². The van der Waals surface area contributed by atoms with Crippen LogP contribution in [0.2, 0.25) is 5.02 Å². The van der Waals surface area contributed by atoms with Gasteiger partial charge >= 0.3 is 12.1 Å². The topological polar surface area (TPSA) is 93.4 Å². The molecular weight excluding hydrogens is 523 g/mol. The Kier molecular flexibility index (Phi) is 8.62. The summed E-state index contributed by atoms with van der Waals surface area (Å²) in [6, 6.07) is 7.51. The second kappa shape index (κ2) is 11.7. The Morgan fingerprint density at radius 3 is 2.45 bits per heavy atom. The number of aliphatic hydroxyl groups excluding tert-OH is 1. The third kappa shape index (κ3) is 6.30. The van der Waals surface area contributed by atoms with E-state index in [4.69, 9.17) is 16.3 Å². The number of carbonyl (C=O) groups excluding carboxylic acids is 2. The monoisotopic (exact) mass is 551 g/mol. The first-order valence-corrected chi connectivity index (χ1v) is 12.8. The highest BCUT2D eigenvalue weighted by Gasteiger charge is 2.31. The lowest BCUT2D eigenvalue weighted by molar-refractivity contribution is -0.142. The Bertz CT molecular complexity index is 1290. The first-order valence-electron chi connectivity index (χ1n) is 12.4. The van der Waals surface area contributed by atoms with Gasteiger partial charge in [-0.1, -0.05) is 23.7 Å². The van der Waals surface area contributed by atoms with E-state index in [-0.39, 0.29) is 36.9 Å². The molecule has 0 saturated heterocycles. The van der Waals surface area contributed by atoms with E-state index in [0.29, 0.717) is 33.5 Å². The van der Waals surface area contributed by atoms with Gasteiger partial charge in [-0.25, -0.2) is 0 Å². The fourth-order valence-electron chi connectivity index (χ4n) is 5.12. The summed E-state index contributed by atoms with van der Waals surface area (Å²) in [5.41, 5.74) is 0.681. The van der Waals surface area contributed by atoms with Gasteiger partial charge in [0.15, 0.2) is 0 Å². The number of nitrogens with one attached hydrogen (secondary N) is 1. The van der Waals surface area contributed by atoms with E-state index in [9.17, 15) is 27.9 Å². The molecule has 0 aliphatic heterocycles. The number of aliphatic hydroxyl groups is 1. The van der Waals surface area contributed by atoms with Gasteiger partial charge in [0.1, 0.15) is 0 Å². The molecular formula is C27H29ClF3N3O4. The van der Waals surface area contributed by atoms with Crippen LogP contribution in [0.3, 0.4) is 0 Å². The van der Waals surface area contributed by atoms with Crippen molar-refractivity contribution in [1.29, 1.82) is 0 Å². The van der Waals surface area contributed by atoms with E-state index in [1.54, 1.807) is 16.8 Å². The summed E-state index contributed by atoms with van der Waals surface area (Å²) in [6.45, 7) is -0.0531. The number of amides is 1. The second-order valence-corrected chi connectivity index (χ2v) is 10.1. The number of benzene rings is 2. The highest BCUT2D eigenvalue weighted by atomic mass is 35.5. The predicted octanol–water partition coefficient (Wildman–Crippen LogP) is 5.22. The molecule has 4 rings (SSSR count). The molecule has 1 fully saturated rings. The van der Waals surface area contributed by atoms with Gasteiger partial charge in [-0.15, -0.1) is 0 Å². The number of rotatable bonds is 8.